The van der Waals surface area contributed by atoms with Crippen LogP contribution in [0.25, 0.3) is 0 Å². The molecule has 3 rings (SSSR count). The Balaban J connectivity index is 1.96. The molecule has 2 fully saturated rings. The Morgan fingerprint density at radius 2 is 1.45 bits per heavy atom. The van der Waals surface area contributed by atoms with Crippen LogP contribution in [0.4, 0.5) is 5.69 Å². The summed E-state index contributed by atoms with van der Waals surface area (Å²) in [6, 6.07) is 5.10. The predicted octanol–water partition coefficient (Wildman–Crippen LogP) is 2.77. The molecule has 0 aliphatic carbocycles. The second kappa shape index (κ2) is 5.35. The van der Waals surface area contributed by atoms with Crippen LogP contribution < -0.4 is 10.2 Å². The van der Waals surface area contributed by atoms with Crippen LogP contribution in [0.2, 0.25) is 10.0 Å². The number of hydrogen-bond donors (Lipinski definition) is 1. The number of amides is 2. The lowest BCUT2D eigenvalue weighted by Gasteiger charge is -2.27. The van der Waals surface area contributed by atoms with E-state index in [0.29, 0.717) is 28.6 Å². The van der Waals surface area contributed by atoms with Crippen LogP contribution in [-0.4, -0.2) is 23.9 Å². The molecule has 2 atom stereocenters. The van der Waals surface area contributed by atoms with Gasteiger partial charge in [0.25, 0.3) is 0 Å². The summed E-state index contributed by atoms with van der Waals surface area (Å²) in [4.78, 5) is 26.0. The average molecular weight is 313 g/mol. The molecular weight excluding hydrogens is 299 g/mol. The molecule has 2 heterocycles. The van der Waals surface area contributed by atoms with Crippen molar-refractivity contribution >= 4 is 40.7 Å². The van der Waals surface area contributed by atoms with Crippen LogP contribution in [0.15, 0.2) is 18.2 Å². The maximum atomic E-state index is 12.4. The molecule has 2 bridgehead atoms. The first-order chi connectivity index (χ1) is 9.52. The smallest absolute Gasteiger partial charge is 0.235 e. The van der Waals surface area contributed by atoms with Crippen molar-refractivity contribution in [2.75, 3.05) is 4.90 Å². The van der Waals surface area contributed by atoms with Crippen LogP contribution in [-0.2, 0) is 9.59 Å². The molecule has 20 heavy (non-hydrogen) atoms. The number of halogens is 2. The van der Waals surface area contributed by atoms with Gasteiger partial charge in [-0.25, -0.2) is 0 Å². The number of benzene rings is 1. The van der Waals surface area contributed by atoms with Crippen LogP contribution in [0.3, 0.4) is 0 Å². The average Bonchev–Trinajstić information content (AvgIpc) is 2.74. The standard InChI is InChI=1S/C14H14Cl2N2O2/c15-8-3-9(16)5-12(4-8)18-13(19)6-10-1-2-11(17-10)7-14(18)20/h3-5,10-11,17H,1-2,6-7H2. The fourth-order valence-electron chi connectivity index (χ4n) is 2.92. The van der Waals surface area contributed by atoms with Crippen molar-refractivity contribution in [2.45, 2.75) is 37.8 Å². The summed E-state index contributed by atoms with van der Waals surface area (Å²) in [5, 5.41) is 4.15. The van der Waals surface area contributed by atoms with Crippen molar-refractivity contribution in [3.8, 4) is 0 Å². The number of carbonyl (C=O) groups excluding carboxylic acids is 2. The Hall–Kier alpha value is -1.10. The molecule has 4 nitrogen and oxygen atoms in total. The van der Waals surface area contributed by atoms with E-state index in [1.54, 1.807) is 18.2 Å². The Bertz CT molecular complexity index is 532. The summed E-state index contributed by atoms with van der Waals surface area (Å²) >= 11 is 11.9. The lowest BCUT2D eigenvalue weighted by atomic mass is 10.1. The Morgan fingerprint density at radius 1 is 0.950 bits per heavy atom. The topological polar surface area (TPSA) is 49.4 Å². The Kier molecular flexibility index (Phi) is 3.71. The van der Waals surface area contributed by atoms with Crippen molar-refractivity contribution in [3.05, 3.63) is 28.2 Å². The van der Waals surface area contributed by atoms with Crippen LogP contribution in [0.5, 0.6) is 0 Å². The normalized spacial score (nSPS) is 26.6. The van der Waals surface area contributed by atoms with Crippen LogP contribution in [0, 0.1) is 0 Å². The minimum Gasteiger partial charge on any atom is -0.310 e. The zero-order chi connectivity index (χ0) is 14.3. The van der Waals surface area contributed by atoms with Gasteiger partial charge in [0.05, 0.1) is 5.69 Å². The summed E-state index contributed by atoms with van der Waals surface area (Å²) in [6.07, 6.45) is 2.53. The van der Waals surface area contributed by atoms with Gasteiger partial charge in [-0.05, 0) is 31.0 Å². The van der Waals surface area contributed by atoms with Crippen LogP contribution in [0.1, 0.15) is 25.7 Å². The highest BCUT2D eigenvalue weighted by Gasteiger charge is 2.35. The van der Waals surface area contributed by atoms with Gasteiger partial charge < -0.3 is 5.32 Å². The molecule has 0 radical (unpaired) electrons. The first-order valence-corrected chi connectivity index (χ1v) is 7.36. The highest BCUT2D eigenvalue weighted by Crippen LogP contribution is 2.29. The second-order valence-electron chi connectivity index (χ2n) is 5.30. The number of rotatable bonds is 1. The highest BCUT2D eigenvalue weighted by molar-refractivity contribution is 6.35. The molecule has 1 aromatic rings. The largest absolute Gasteiger partial charge is 0.310 e. The first kappa shape index (κ1) is 13.9. The predicted molar refractivity (Wildman–Crippen MR) is 78.1 cm³/mol. The summed E-state index contributed by atoms with van der Waals surface area (Å²) < 4.78 is 0. The van der Waals surface area contributed by atoms with E-state index in [1.807, 2.05) is 0 Å². The molecule has 106 valence electrons. The molecule has 2 unspecified atom stereocenters. The Morgan fingerprint density at radius 3 is 1.95 bits per heavy atom. The fraction of sp³-hybridized carbons (Fsp3) is 0.429. The fourth-order valence-corrected chi connectivity index (χ4v) is 3.44. The quantitative estimate of drug-likeness (QED) is 0.811. The van der Waals surface area contributed by atoms with Gasteiger partial charge in [0, 0.05) is 35.0 Å². The second-order valence-corrected chi connectivity index (χ2v) is 6.17. The minimum atomic E-state index is -0.203. The van der Waals surface area contributed by atoms with Gasteiger partial charge in [-0.1, -0.05) is 23.2 Å². The third-order valence-corrected chi connectivity index (χ3v) is 4.22. The van der Waals surface area contributed by atoms with Gasteiger partial charge in [0.15, 0.2) is 0 Å². The number of carbonyl (C=O) groups is 2. The van der Waals surface area contributed by atoms with Gasteiger partial charge in [-0.2, -0.15) is 0 Å². The number of nitrogens with one attached hydrogen (secondary N) is 1. The van der Waals surface area contributed by atoms with Crippen molar-refractivity contribution in [3.63, 3.8) is 0 Å². The third-order valence-electron chi connectivity index (χ3n) is 3.78. The van der Waals surface area contributed by atoms with E-state index in [4.69, 9.17) is 23.2 Å². The van der Waals surface area contributed by atoms with Gasteiger partial charge in [-0.3, -0.25) is 14.5 Å². The number of nitrogens with zero attached hydrogens (tertiary/aromatic N) is 1. The highest BCUT2D eigenvalue weighted by atomic mass is 35.5. The zero-order valence-corrected chi connectivity index (χ0v) is 12.2. The van der Waals surface area contributed by atoms with E-state index >= 15 is 0 Å². The van der Waals surface area contributed by atoms with Crippen molar-refractivity contribution in [1.82, 2.24) is 5.32 Å². The molecule has 1 N–H and O–H groups in total. The van der Waals surface area contributed by atoms with E-state index in [9.17, 15) is 9.59 Å². The molecule has 0 spiro atoms. The van der Waals surface area contributed by atoms with Crippen molar-refractivity contribution in [2.24, 2.45) is 0 Å². The molecule has 2 aliphatic heterocycles. The third kappa shape index (κ3) is 2.68. The van der Waals surface area contributed by atoms with Crippen molar-refractivity contribution < 1.29 is 9.59 Å². The lowest BCUT2D eigenvalue weighted by Crippen LogP contribution is -2.46. The van der Waals surface area contributed by atoms with E-state index in [0.717, 1.165) is 12.8 Å². The molecule has 2 saturated heterocycles. The summed E-state index contributed by atoms with van der Waals surface area (Å²) in [6.45, 7) is 0. The van der Waals surface area contributed by atoms with Gasteiger partial charge in [0.1, 0.15) is 0 Å². The molecule has 2 amide bonds. The summed E-state index contributed by atoms with van der Waals surface area (Å²) in [5.74, 6) is -0.405. The summed E-state index contributed by atoms with van der Waals surface area (Å²) in [5.41, 5.74) is 0.457. The van der Waals surface area contributed by atoms with E-state index in [2.05, 4.69) is 5.32 Å². The van der Waals surface area contributed by atoms with Crippen molar-refractivity contribution in [1.29, 1.82) is 0 Å². The monoisotopic (exact) mass is 312 g/mol. The molecule has 0 saturated carbocycles. The molecule has 2 aliphatic rings. The van der Waals surface area contributed by atoms with Gasteiger partial charge >= 0.3 is 0 Å². The maximum Gasteiger partial charge on any atom is 0.235 e. The van der Waals surface area contributed by atoms with E-state index in [-0.39, 0.29) is 23.9 Å². The number of anilines is 1. The van der Waals surface area contributed by atoms with E-state index < -0.39 is 0 Å². The number of hydrogen-bond acceptors (Lipinski definition) is 3. The number of imide groups is 1. The summed E-state index contributed by atoms with van der Waals surface area (Å²) in [7, 11) is 0. The molecule has 1 aromatic carbocycles. The molecule has 6 heteroatoms. The number of fused-ring (bicyclic) bond motifs is 2. The van der Waals surface area contributed by atoms with E-state index in [1.165, 1.54) is 4.90 Å². The Labute approximate surface area is 127 Å². The zero-order valence-electron chi connectivity index (χ0n) is 10.7. The van der Waals surface area contributed by atoms with Gasteiger partial charge in [-0.15, -0.1) is 0 Å². The first-order valence-electron chi connectivity index (χ1n) is 6.61. The maximum absolute atomic E-state index is 12.4. The minimum absolute atomic E-state index is 0.165. The van der Waals surface area contributed by atoms with Crippen LogP contribution >= 0.6 is 23.2 Å². The molecular formula is C14H14Cl2N2O2. The van der Waals surface area contributed by atoms with Gasteiger partial charge in [0.2, 0.25) is 11.8 Å². The molecule has 0 aromatic heterocycles. The lowest BCUT2D eigenvalue weighted by molar-refractivity contribution is -0.127. The SMILES string of the molecule is O=C1CC2CCC(CC(=O)N1c1cc(Cl)cc(Cl)c1)N2.